The lowest BCUT2D eigenvalue weighted by molar-refractivity contribution is 0.479. The van der Waals surface area contributed by atoms with Crippen LogP contribution in [0.15, 0.2) is 12.7 Å². The highest BCUT2D eigenvalue weighted by Gasteiger charge is 2.18. The van der Waals surface area contributed by atoms with E-state index in [2.05, 4.69) is 29.4 Å². The summed E-state index contributed by atoms with van der Waals surface area (Å²) < 4.78 is 10.8. The van der Waals surface area contributed by atoms with E-state index in [1.807, 2.05) is 6.08 Å². The van der Waals surface area contributed by atoms with Gasteiger partial charge in [-0.3, -0.25) is 4.21 Å². The van der Waals surface area contributed by atoms with Crippen LogP contribution in [0.2, 0.25) is 0 Å². The SMILES string of the molecule is C=CC(C)(CBr)CCS(C)=O. The standard InChI is InChI=1S/C8H15BrOS/c1-4-8(2,7-9)5-6-11(3)10/h4H,1,5-7H2,2-3H3. The molecule has 66 valence electrons. The van der Waals surface area contributed by atoms with Gasteiger partial charge in [-0.1, -0.05) is 28.9 Å². The summed E-state index contributed by atoms with van der Waals surface area (Å²) in [6.45, 7) is 5.87. The Morgan fingerprint density at radius 1 is 1.73 bits per heavy atom. The van der Waals surface area contributed by atoms with Gasteiger partial charge in [0, 0.05) is 28.1 Å². The van der Waals surface area contributed by atoms with E-state index in [9.17, 15) is 4.21 Å². The van der Waals surface area contributed by atoms with Gasteiger partial charge in [0.25, 0.3) is 0 Å². The number of hydrogen-bond donors (Lipinski definition) is 0. The third-order valence-electron chi connectivity index (χ3n) is 1.76. The highest BCUT2D eigenvalue weighted by atomic mass is 79.9. The van der Waals surface area contributed by atoms with Gasteiger partial charge in [-0.25, -0.2) is 0 Å². The minimum Gasteiger partial charge on any atom is -0.260 e. The van der Waals surface area contributed by atoms with Crippen LogP contribution in [0.25, 0.3) is 0 Å². The van der Waals surface area contributed by atoms with Gasteiger partial charge in [0.1, 0.15) is 0 Å². The highest BCUT2D eigenvalue weighted by molar-refractivity contribution is 9.09. The Morgan fingerprint density at radius 3 is 2.55 bits per heavy atom. The van der Waals surface area contributed by atoms with Gasteiger partial charge in [-0.2, -0.15) is 0 Å². The molecule has 0 aliphatic rings. The summed E-state index contributed by atoms with van der Waals surface area (Å²) in [5, 5.41) is 0.890. The first-order chi connectivity index (χ1) is 5.04. The van der Waals surface area contributed by atoms with E-state index in [0.29, 0.717) is 0 Å². The van der Waals surface area contributed by atoms with Crippen molar-refractivity contribution in [3.63, 3.8) is 0 Å². The summed E-state index contributed by atoms with van der Waals surface area (Å²) in [6.07, 6.45) is 4.59. The molecule has 0 aliphatic carbocycles. The molecule has 11 heavy (non-hydrogen) atoms. The largest absolute Gasteiger partial charge is 0.260 e. The lowest BCUT2D eigenvalue weighted by atomic mass is 9.91. The van der Waals surface area contributed by atoms with E-state index >= 15 is 0 Å². The molecule has 0 fully saturated rings. The van der Waals surface area contributed by atoms with Crippen molar-refractivity contribution in [3.05, 3.63) is 12.7 Å². The second kappa shape index (κ2) is 5.09. The maximum Gasteiger partial charge on any atom is 0.0240 e. The highest BCUT2D eigenvalue weighted by Crippen LogP contribution is 2.25. The molecular formula is C8H15BrOS. The average Bonchev–Trinajstić information content (AvgIpc) is 2.00. The molecule has 2 atom stereocenters. The molecule has 0 bridgehead atoms. The van der Waals surface area contributed by atoms with Crippen molar-refractivity contribution in [2.24, 2.45) is 5.41 Å². The van der Waals surface area contributed by atoms with Crippen molar-refractivity contribution >= 4 is 26.7 Å². The van der Waals surface area contributed by atoms with Crippen LogP contribution in [0.4, 0.5) is 0 Å². The Morgan fingerprint density at radius 2 is 2.27 bits per heavy atom. The van der Waals surface area contributed by atoms with Crippen LogP contribution in [-0.2, 0) is 10.8 Å². The second-order valence-electron chi connectivity index (χ2n) is 3.02. The third-order valence-corrected chi connectivity index (χ3v) is 3.82. The van der Waals surface area contributed by atoms with Crippen molar-refractivity contribution in [1.82, 2.24) is 0 Å². The predicted octanol–water partition coefficient (Wildman–Crippen LogP) is 2.34. The van der Waals surface area contributed by atoms with Crippen molar-refractivity contribution in [1.29, 1.82) is 0 Å². The van der Waals surface area contributed by atoms with Gasteiger partial charge in [0.15, 0.2) is 0 Å². The van der Waals surface area contributed by atoms with E-state index in [4.69, 9.17) is 0 Å². The molecule has 0 spiro atoms. The zero-order chi connectivity index (χ0) is 8.91. The van der Waals surface area contributed by atoms with Crippen molar-refractivity contribution in [3.8, 4) is 0 Å². The predicted molar refractivity (Wildman–Crippen MR) is 55.6 cm³/mol. The van der Waals surface area contributed by atoms with E-state index in [0.717, 1.165) is 17.5 Å². The minimum absolute atomic E-state index is 0.103. The summed E-state index contributed by atoms with van der Waals surface area (Å²) in [5.74, 6) is 0.758. The second-order valence-corrected chi connectivity index (χ2v) is 5.13. The smallest absolute Gasteiger partial charge is 0.0240 e. The molecule has 0 N–H and O–H groups in total. The maximum absolute atomic E-state index is 10.8. The first-order valence-electron chi connectivity index (χ1n) is 3.53. The van der Waals surface area contributed by atoms with Gasteiger partial charge in [-0.05, 0) is 11.8 Å². The van der Waals surface area contributed by atoms with Crippen LogP contribution in [0.5, 0.6) is 0 Å². The molecule has 0 amide bonds. The Bertz CT molecular complexity index is 158. The molecule has 0 aromatic heterocycles. The molecule has 3 heteroatoms. The normalized spacial score (nSPS) is 18.8. The van der Waals surface area contributed by atoms with Crippen molar-refractivity contribution in [2.45, 2.75) is 13.3 Å². The van der Waals surface area contributed by atoms with Gasteiger partial charge in [0.05, 0.1) is 0 Å². The summed E-state index contributed by atoms with van der Waals surface area (Å²) in [4.78, 5) is 0. The fourth-order valence-electron chi connectivity index (χ4n) is 0.600. The third kappa shape index (κ3) is 4.75. The molecule has 0 aromatic carbocycles. The molecule has 0 saturated heterocycles. The molecule has 0 rings (SSSR count). The van der Waals surface area contributed by atoms with Gasteiger partial charge in [-0.15, -0.1) is 6.58 Å². The van der Waals surface area contributed by atoms with Gasteiger partial charge >= 0.3 is 0 Å². The Labute approximate surface area is 79.8 Å². The molecule has 0 saturated carbocycles. The lowest BCUT2D eigenvalue weighted by Crippen LogP contribution is -2.17. The summed E-state index contributed by atoms with van der Waals surface area (Å²) >= 11 is 3.41. The van der Waals surface area contributed by atoms with E-state index < -0.39 is 10.8 Å². The van der Waals surface area contributed by atoms with E-state index in [1.54, 1.807) is 6.26 Å². The van der Waals surface area contributed by atoms with Crippen LogP contribution >= 0.6 is 15.9 Å². The first kappa shape index (κ1) is 11.4. The summed E-state index contributed by atoms with van der Waals surface area (Å²) in [7, 11) is -0.684. The van der Waals surface area contributed by atoms with E-state index in [-0.39, 0.29) is 5.41 Å². The molecule has 0 aromatic rings. The Kier molecular flexibility index (Phi) is 5.26. The lowest BCUT2D eigenvalue weighted by Gasteiger charge is -2.21. The zero-order valence-corrected chi connectivity index (χ0v) is 9.50. The van der Waals surface area contributed by atoms with Crippen molar-refractivity contribution < 1.29 is 4.21 Å². The number of rotatable bonds is 5. The van der Waals surface area contributed by atoms with Gasteiger partial charge in [0.2, 0.25) is 0 Å². The van der Waals surface area contributed by atoms with Crippen LogP contribution in [0, 0.1) is 5.41 Å². The first-order valence-corrected chi connectivity index (χ1v) is 6.38. The fraction of sp³-hybridized carbons (Fsp3) is 0.750. The van der Waals surface area contributed by atoms with Crippen LogP contribution in [0.1, 0.15) is 13.3 Å². The Balaban J connectivity index is 3.87. The molecule has 0 heterocycles. The topological polar surface area (TPSA) is 17.1 Å². The van der Waals surface area contributed by atoms with Crippen LogP contribution in [0.3, 0.4) is 0 Å². The molecule has 0 radical (unpaired) electrons. The quantitative estimate of drug-likeness (QED) is 0.531. The number of hydrogen-bond acceptors (Lipinski definition) is 1. The fourth-order valence-corrected chi connectivity index (χ4v) is 1.86. The zero-order valence-electron chi connectivity index (χ0n) is 7.10. The molecule has 2 unspecified atom stereocenters. The monoisotopic (exact) mass is 238 g/mol. The number of halogens is 1. The molecular weight excluding hydrogens is 224 g/mol. The molecule has 1 nitrogen and oxygen atoms in total. The Hall–Kier alpha value is 0.370. The van der Waals surface area contributed by atoms with Gasteiger partial charge < -0.3 is 0 Å². The van der Waals surface area contributed by atoms with Crippen molar-refractivity contribution in [2.75, 3.05) is 17.3 Å². The van der Waals surface area contributed by atoms with Crippen LogP contribution in [-0.4, -0.2) is 21.5 Å². The average molecular weight is 239 g/mol. The minimum atomic E-state index is -0.684. The van der Waals surface area contributed by atoms with E-state index in [1.165, 1.54) is 0 Å². The molecule has 0 aliphatic heterocycles. The maximum atomic E-state index is 10.8. The number of alkyl halides is 1. The van der Waals surface area contributed by atoms with Crippen LogP contribution < -0.4 is 0 Å². The summed E-state index contributed by atoms with van der Waals surface area (Å²) in [6, 6.07) is 0. The summed E-state index contributed by atoms with van der Waals surface area (Å²) in [5.41, 5.74) is 0.103. The number of allylic oxidation sites excluding steroid dienone is 1.